The summed E-state index contributed by atoms with van der Waals surface area (Å²) in [6.07, 6.45) is 1.65. The van der Waals surface area contributed by atoms with Gasteiger partial charge in [-0.2, -0.15) is 0 Å². The first-order valence-corrected chi connectivity index (χ1v) is 7.73. The highest BCUT2D eigenvalue weighted by Gasteiger charge is 2.25. The standard InChI is InChI=1S/C15H21ClN2O4/c1-4-7-8-22-15(19)11-9-12(16)14(17(5-2)6-3)13(10-11)18(20)21/h9-10H,4-8H2,1-3H3. The number of carbonyl (C=O) groups excluding carboxylic acids is 1. The van der Waals surface area contributed by atoms with Gasteiger partial charge in [0.25, 0.3) is 5.69 Å². The van der Waals surface area contributed by atoms with Crippen LogP contribution >= 0.6 is 11.6 Å². The van der Waals surface area contributed by atoms with Crippen molar-refractivity contribution in [3.05, 3.63) is 32.8 Å². The van der Waals surface area contributed by atoms with E-state index >= 15 is 0 Å². The van der Waals surface area contributed by atoms with Gasteiger partial charge in [0.15, 0.2) is 0 Å². The molecule has 0 aliphatic carbocycles. The third-order valence-electron chi connectivity index (χ3n) is 3.29. The van der Waals surface area contributed by atoms with E-state index in [4.69, 9.17) is 16.3 Å². The van der Waals surface area contributed by atoms with Gasteiger partial charge < -0.3 is 9.64 Å². The van der Waals surface area contributed by atoms with Crippen LogP contribution < -0.4 is 4.90 Å². The highest BCUT2D eigenvalue weighted by Crippen LogP contribution is 2.37. The van der Waals surface area contributed by atoms with Crippen molar-refractivity contribution in [2.45, 2.75) is 33.6 Å². The number of benzene rings is 1. The fourth-order valence-corrected chi connectivity index (χ4v) is 2.42. The van der Waals surface area contributed by atoms with Gasteiger partial charge >= 0.3 is 5.97 Å². The van der Waals surface area contributed by atoms with Gasteiger partial charge in [0, 0.05) is 19.2 Å². The third kappa shape index (κ3) is 4.34. The average Bonchev–Trinajstić information content (AvgIpc) is 2.49. The van der Waals surface area contributed by atoms with Gasteiger partial charge in [-0.05, 0) is 26.3 Å². The van der Waals surface area contributed by atoms with Crippen LogP contribution in [0.25, 0.3) is 0 Å². The molecule has 0 bridgehead atoms. The summed E-state index contributed by atoms with van der Waals surface area (Å²) in [6, 6.07) is 2.66. The lowest BCUT2D eigenvalue weighted by atomic mass is 10.1. The molecule has 0 amide bonds. The Morgan fingerprint density at radius 3 is 2.45 bits per heavy atom. The number of hydrogen-bond donors (Lipinski definition) is 0. The Morgan fingerprint density at radius 2 is 1.95 bits per heavy atom. The second-order valence-corrected chi connectivity index (χ2v) is 5.15. The molecule has 0 atom stereocenters. The largest absolute Gasteiger partial charge is 0.462 e. The van der Waals surface area contributed by atoms with Crippen LogP contribution in [0.15, 0.2) is 12.1 Å². The summed E-state index contributed by atoms with van der Waals surface area (Å²) in [5.41, 5.74) is 0.254. The van der Waals surface area contributed by atoms with E-state index in [1.54, 1.807) is 4.90 Å². The van der Waals surface area contributed by atoms with Crippen LogP contribution in [0.3, 0.4) is 0 Å². The monoisotopic (exact) mass is 328 g/mol. The first-order valence-electron chi connectivity index (χ1n) is 7.36. The summed E-state index contributed by atoms with van der Waals surface area (Å²) >= 11 is 6.18. The molecule has 0 spiro atoms. The van der Waals surface area contributed by atoms with E-state index < -0.39 is 10.9 Å². The lowest BCUT2D eigenvalue weighted by Gasteiger charge is -2.22. The number of unbranched alkanes of at least 4 members (excludes halogenated alkanes) is 1. The van der Waals surface area contributed by atoms with E-state index in [1.165, 1.54) is 12.1 Å². The molecule has 0 unspecified atom stereocenters. The Hall–Kier alpha value is -1.82. The van der Waals surface area contributed by atoms with Crippen molar-refractivity contribution >= 4 is 28.9 Å². The highest BCUT2D eigenvalue weighted by molar-refractivity contribution is 6.34. The number of nitro benzene ring substituents is 1. The van der Waals surface area contributed by atoms with Crippen LogP contribution in [-0.4, -0.2) is 30.6 Å². The zero-order valence-corrected chi connectivity index (χ0v) is 13.9. The maximum absolute atomic E-state index is 11.9. The Kier molecular flexibility index (Phi) is 7.11. The molecule has 0 aliphatic rings. The maximum Gasteiger partial charge on any atom is 0.338 e. The van der Waals surface area contributed by atoms with Gasteiger partial charge in [-0.3, -0.25) is 10.1 Å². The zero-order chi connectivity index (χ0) is 16.7. The molecule has 0 N–H and O–H groups in total. The molecule has 6 nitrogen and oxygen atoms in total. The van der Waals surface area contributed by atoms with Crippen LogP contribution in [0.5, 0.6) is 0 Å². The van der Waals surface area contributed by atoms with Crippen LogP contribution in [0.2, 0.25) is 5.02 Å². The number of rotatable bonds is 8. The second-order valence-electron chi connectivity index (χ2n) is 4.74. The van der Waals surface area contributed by atoms with E-state index in [2.05, 4.69) is 0 Å². The SMILES string of the molecule is CCCCOC(=O)c1cc(Cl)c(N(CC)CC)c([N+](=O)[O-])c1. The van der Waals surface area contributed by atoms with Crippen molar-refractivity contribution in [1.29, 1.82) is 0 Å². The van der Waals surface area contributed by atoms with Crippen molar-refractivity contribution < 1.29 is 14.5 Å². The number of anilines is 1. The topological polar surface area (TPSA) is 72.7 Å². The number of halogens is 1. The molecular weight excluding hydrogens is 308 g/mol. The predicted octanol–water partition coefficient (Wildman–Crippen LogP) is 4.05. The summed E-state index contributed by atoms with van der Waals surface area (Å²) in [5, 5.41) is 11.5. The van der Waals surface area contributed by atoms with Gasteiger partial charge in [-0.25, -0.2) is 4.79 Å². The quantitative estimate of drug-likeness (QED) is 0.311. The molecule has 0 fully saturated rings. The van der Waals surface area contributed by atoms with Gasteiger partial charge in [0.05, 0.1) is 22.1 Å². The van der Waals surface area contributed by atoms with Crippen LogP contribution in [0.1, 0.15) is 44.0 Å². The number of ether oxygens (including phenoxy) is 1. The minimum atomic E-state index is -0.593. The molecule has 1 rings (SSSR count). The predicted molar refractivity (Wildman–Crippen MR) is 86.9 cm³/mol. The van der Waals surface area contributed by atoms with Crippen LogP contribution in [0.4, 0.5) is 11.4 Å². The van der Waals surface area contributed by atoms with Gasteiger partial charge in [0.1, 0.15) is 5.69 Å². The zero-order valence-electron chi connectivity index (χ0n) is 13.1. The van der Waals surface area contributed by atoms with Gasteiger partial charge in [-0.15, -0.1) is 0 Å². The van der Waals surface area contributed by atoms with Crippen LogP contribution in [-0.2, 0) is 4.74 Å². The highest BCUT2D eigenvalue weighted by atomic mass is 35.5. The van der Waals surface area contributed by atoms with Crippen molar-refractivity contribution in [2.24, 2.45) is 0 Å². The van der Waals surface area contributed by atoms with E-state index in [1.807, 2.05) is 20.8 Å². The number of nitrogens with zero attached hydrogens (tertiary/aromatic N) is 2. The first-order chi connectivity index (χ1) is 10.5. The van der Waals surface area contributed by atoms with E-state index in [-0.39, 0.29) is 16.3 Å². The minimum Gasteiger partial charge on any atom is -0.462 e. The fraction of sp³-hybridized carbons (Fsp3) is 0.533. The smallest absolute Gasteiger partial charge is 0.338 e. The van der Waals surface area contributed by atoms with Crippen molar-refractivity contribution in [2.75, 3.05) is 24.6 Å². The maximum atomic E-state index is 11.9. The summed E-state index contributed by atoms with van der Waals surface area (Å²) in [7, 11) is 0. The summed E-state index contributed by atoms with van der Waals surface area (Å²) < 4.78 is 5.08. The number of nitro groups is 1. The average molecular weight is 329 g/mol. The normalized spacial score (nSPS) is 10.4. The fourth-order valence-electron chi connectivity index (χ4n) is 2.09. The molecule has 122 valence electrons. The lowest BCUT2D eigenvalue weighted by molar-refractivity contribution is -0.384. The van der Waals surface area contributed by atoms with E-state index in [0.717, 1.165) is 12.8 Å². The Balaban J connectivity index is 3.20. The van der Waals surface area contributed by atoms with Crippen molar-refractivity contribution in [1.82, 2.24) is 0 Å². The third-order valence-corrected chi connectivity index (χ3v) is 3.57. The molecular formula is C15H21ClN2O4. The van der Waals surface area contributed by atoms with E-state index in [9.17, 15) is 14.9 Å². The van der Waals surface area contributed by atoms with Gasteiger partial charge in [0.2, 0.25) is 0 Å². The molecule has 7 heteroatoms. The molecule has 0 aromatic heterocycles. The number of carbonyl (C=O) groups is 1. The summed E-state index contributed by atoms with van der Waals surface area (Å²) in [4.78, 5) is 24.5. The molecule has 0 radical (unpaired) electrons. The van der Waals surface area contributed by atoms with E-state index in [0.29, 0.717) is 25.4 Å². The molecule has 0 heterocycles. The second kappa shape index (κ2) is 8.58. The molecule has 0 aliphatic heterocycles. The summed E-state index contributed by atoms with van der Waals surface area (Å²) in [5.74, 6) is -0.593. The van der Waals surface area contributed by atoms with Crippen LogP contribution in [0, 0.1) is 10.1 Å². The Bertz CT molecular complexity index is 545. The first kappa shape index (κ1) is 18.2. The molecule has 0 saturated carbocycles. The Labute approximate surface area is 135 Å². The van der Waals surface area contributed by atoms with Crippen molar-refractivity contribution in [3.63, 3.8) is 0 Å². The number of esters is 1. The Morgan fingerprint density at radius 1 is 1.32 bits per heavy atom. The minimum absolute atomic E-state index is 0.101. The molecule has 1 aromatic rings. The summed E-state index contributed by atoms with van der Waals surface area (Å²) in [6.45, 7) is 7.20. The molecule has 22 heavy (non-hydrogen) atoms. The van der Waals surface area contributed by atoms with Gasteiger partial charge in [-0.1, -0.05) is 24.9 Å². The van der Waals surface area contributed by atoms with Crippen molar-refractivity contribution in [3.8, 4) is 0 Å². The molecule has 0 saturated heterocycles. The lowest BCUT2D eigenvalue weighted by Crippen LogP contribution is -2.23. The number of hydrogen-bond acceptors (Lipinski definition) is 5. The molecule has 1 aromatic carbocycles.